The number of aryl methyl sites for hydroxylation is 1. The minimum absolute atomic E-state index is 0.241. The second-order valence-corrected chi connectivity index (χ2v) is 2.89. The van der Waals surface area contributed by atoms with Crippen LogP contribution in [-0.2, 0) is 4.79 Å². The van der Waals surface area contributed by atoms with Gasteiger partial charge in [0.2, 0.25) is 0 Å². The van der Waals surface area contributed by atoms with Gasteiger partial charge in [-0.05, 0) is 36.3 Å². The summed E-state index contributed by atoms with van der Waals surface area (Å²) in [4.78, 5) is 10.8. The Balaban J connectivity index is 2.83. The molecule has 1 aromatic rings. The van der Waals surface area contributed by atoms with Crippen LogP contribution in [0, 0.1) is 6.92 Å². The van der Waals surface area contributed by atoms with Crippen LogP contribution in [0.15, 0.2) is 24.3 Å². The van der Waals surface area contributed by atoms with E-state index < -0.39 is 0 Å². The maximum absolute atomic E-state index is 10.8. The van der Waals surface area contributed by atoms with E-state index in [0.717, 1.165) is 11.1 Å². The number of nitrogens with one attached hydrogen (secondary N) is 1. The quantitative estimate of drug-likeness (QED) is 0.279. The predicted octanol–water partition coefficient (Wildman–Crippen LogP) is 0.704. The molecule has 0 fully saturated rings. The Bertz CT molecular complexity index is 372. The molecule has 74 valence electrons. The van der Waals surface area contributed by atoms with E-state index in [2.05, 4.69) is 0 Å². The standard InChI is InChI=1S/C10H12N2O2/c1-7-6-8(2-4-9(7)13)3-5-10(14)12-11/h2-6,13H,11H2,1H3,(H,12,14)/b5-3+. The predicted molar refractivity (Wildman–Crippen MR) is 54.2 cm³/mol. The van der Waals surface area contributed by atoms with Crippen LogP contribution in [0.25, 0.3) is 6.08 Å². The molecule has 1 amide bonds. The molecule has 1 aromatic carbocycles. The number of carbonyl (C=O) groups excluding carboxylic acids is 1. The van der Waals surface area contributed by atoms with Gasteiger partial charge in [0.25, 0.3) is 5.91 Å². The van der Waals surface area contributed by atoms with Crippen LogP contribution < -0.4 is 11.3 Å². The molecule has 0 atom stereocenters. The van der Waals surface area contributed by atoms with E-state index >= 15 is 0 Å². The summed E-state index contributed by atoms with van der Waals surface area (Å²) in [5, 5.41) is 9.24. The molecule has 0 saturated carbocycles. The van der Waals surface area contributed by atoms with Gasteiger partial charge < -0.3 is 5.11 Å². The van der Waals surface area contributed by atoms with Gasteiger partial charge in [-0.15, -0.1) is 0 Å². The van der Waals surface area contributed by atoms with Crippen molar-refractivity contribution in [1.82, 2.24) is 5.43 Å². The summed E-state index contributed by atoms with van der Waals surface area (Å²) in [6.45, 7) is 1.79. The molecule has 4 heteroatoms. The lowest BCUT2D eigenvalue weighted by Gasteiger charge is -1.99. The third kappa shape index (κ3) is 2.60. The number of aromatic hydroxyl groups is 1. The van der Waals surface area contributed by atoms with Crippen LogP contribution in [0.3, 0.4) is 0 Å². The summed E-state index contributed by atoms with van der Waals surface area (Å²) in [5.74, 6) is 4.78. The fraction of sp³-hybridized carbons (Fsp3) is 0.100. The number of amides is 1. The lowest BCUT2D eigenvalue weighted by Crippen LogP contribution is -2.27. The second-order valence-electron chi connectivity index (χ2n) is 2.89. The number of phenols is 1. The fourth-order valence-corrected chi connectivity index (χ4v) is 1.00. The number of hydrogen-bond donors (Lipinski definition) is 3. The molecular formula is C10H12N2O2. The molecule has 4 nitrogen and oxygen atoms in total. The first-order chi connectivity index (χ1) is 6.63. The highest BCUT2D eigenvalue weighted by atomic mass is 16.3. The molecule has 0 unspecified atom stereocenters. The van der Waals surface area contributed by atoms with Crippen LogP contribution in [0.1, 0.15) is 11.1 Å². The van der Waals surface area contributed by atoms with Crippen LogP contribution in [0.5, 0.6) is 5.75 Å². The summed E-state index contributed by atoms with van der Waals surface area (Å²) >= 11 is 0. The molecule has 0 aliphatic rings. The monoisotopic (exact) mass is 192 g/mol. The maximum Gasteiger partial charge on any atom is 0.257 e. The van der Waals surface area contributed by atoms with Gasteiger partial charge in [0.1, 0.15) is 5.75 Å². The lowest BCUT2D eigenvalue weighted by molar-refractivity contribution is -0.116. The molecular weight excluding hydrogens is 180 g/mol. The van der Waals surface area contributed by atoms with Crippen LogP contribution in [0.4, 0.5) is 0 Å². The molecule has 0 spiro atoms. The molecule has 0 heterocycles. The van der Waals surface area contributed by atoms with Crippen molar-refractivity contribution >= 4 is 12.0 Å². The van der Waals surface area contributed by atoms with Crippen molar-refractivity contribution in [3.8, 4) is 5.75 Å². The van der Waals surface area contributed by atoms with E-state index in [4.69, 9.17) is 5.84 Å². The third-order valence-corrected chi connectivity index (χ3v) is 1.79. The normalized spacial score (nSPS) is 10.4. The van der Waals surface area contributed by atoms with Crippen molar-refractivity contribution < 1.29 is 9.90 Å². The van der Waals surface area contributed by atoms with E-state index in [0.29, 0.717) is 0 Å². The summed E-state index contributed by atoms with van der Waals surface area (Å²) in [6, 6.07) is 5.06. The van der Waals surface area contributed by atoms with Crippen LogP contribution >= 0.6 is 0 Å². The zero-order valence-electron chi connectivity index (χ0n) is 7.82. The average Bonchev–Trinajstić information content (AvgIpc) is 2.19. The molecule has 0 aliphatic heterocycles. The van der Waals surface area contributed by atoms with Gasteiger partial charge in [-0.1, -0.05) is 6.07 Å². The molecule has 14 heavy (non-hydrogen) atoms. The van der Waals surface area contributed by atoms with Gasteiger partial charge in [-0.25, -0.2) is 5.84 Å². The molecule has 0 aromatic heterocycles. The molecule has 0 aliphatic carbocycles. The number of benzene rings is 1. The Kier molecular flexibility index (Phi) is 3.25. The SMILES string of the molecule is Cc1cc(/C=C/C(=O)NN)ccc1O. The minimum atomic E-state index is -0.365. The first-order valence-corrected chi connectivity index (χ1v) is 4.12. The van der Waals surface area contributed by atoms with Crippen LogP contribution in [0.2, 0.25) is 0 Å². The highest BCUT2D eigenvalue weighted by Crippen LogP contribution is 2.17. The first-order valence-electron chi connectivity index (χ1n) is 4.12. The molecule has 0 saturated heterocycles. The Morgan fingerprint density at radius 3 is 2.86 bits per heavy atom. The van der Waals surface area contributed by atoms with Gasteiger partial charge in [0.05, 0.1) is 0 Å². The lowest BCUT2D eigenvalue weighted by atomic mass is 10.1. The highest BCUT2D eigenvalue weighted by Gasteiger charge is 1.95. The van der Waals surface area contributed by atoms with Gasteiger partial charge in [-0.2, -0.15) is 0 Å². The molecule has 0 radical (unpaired) electrons. The van der Waals surface area contributed by atoms with E-state index in [1.54, 1.807) is 31.2 Å². The van der Waals surface area contributed by atoms with Crippen LogP contribution in [-0.4, -0.2) is 11.0 Å². The third-order valence-electron chi connectivity index (χ3n) is 1.79. The van der Waals surface area contributed by atoms with Crippen molar-refractivity contribution in [3.05, 3.63) is 35.4 Å². The van der Waals surface area contributed by atoms with Gasteiger partial charge in [0.15, 0.2) is 0 Å². The average molecular weight is 192 g/mol. The van der Waals surface area contributed by atoms with Crippen molar-refractivity contribution in [2.45, 2.75) is 6.92 Å². The van der Waals surface area contributed by atoms with Gasteiger partial charge >= 0.3 is 0 Å². The van der Waals surface area contributed by atoms with Crippen molar-refractivity contribution in [3.63, 3.8) is 0 Å². The number of hydrogen-bond acceptors (Lipinski definition) is 3. The number of hydrazine groups is 1. The number of carbonyl (C=O) groups is 1. The summed E-state index contributed by atoms with van der Waals surface area (Å²) < 4.78 is 0. The Morgan fingerprint density at radius 1 is 1.57 bits per heavy atom. The van der Waals surface area contributed by atoms with Crippen molar-refractivity contribution in [2.24, 2.45) is 5.84 Å². The molecule has 0 bridgehead atoms. The van der Waals surface area contributed by atoms with Crippen molar-refractivity contribution in [2.75, 3.05) is 0 Å². The van der Waals surface area contributed by atoms with Crippen molar-refractivity contribution in [1.29, 1.82) is 0 Å². The Morgan fingerprint density at radius 2 is 2.29 bits per heavy atom. The highest BCUT2D eigenvalue weighted by molar-refractivity contribution is 5.91. The summed E-state index contributed by atoms with van der Waals surface area (Å²) in [5.41, 5.74) is 3.59. The zero-order chi connectivity index (χ0) is 10.6. The van der Waals surface area contributed by atoms with E-state index in [-0.39, 0.29) is 11.7 Å². The smallest absolute Gasteiger partial charge is 0.257 e. The summed E-state index contributed by atoms with van der Waals surface area (Å²) in [6.07, 6.45) is 2.94. The van der Waals surface area contributed by atoms with E-state index in [1.807, 2.05) is 5.43 Å². The number of nitrogens with two attached hydrogens (primary N) is 1. The first kappa shape index (κ1) is 10.3. The van der Waals surface area contributed by atoms with Gasteiger partial charge in [0, 0.05) is 6.08 Å². The Hall–Kier alpha value is -1.81. The maximum atomic E-state index is 10.8. The largest absolute Gasteiger partial charge is 0.508 e. The van der Waals surface area contributed by atoms with Gasteiger partial charge in [-0.3, -0.25) is 10.2 Å². The molecule has 4 N–H and O–H groups in total. The molecule has 1 rings (SSSR count). The fourth-order valence-electron chi connectivity index (χ4n) is 1.00. The number of rotatable bonds is 2. The van der Waals surface area contributed by atoms with E-state index in [1.165, 1.54) is 6.08 Å². The zero-order valence-corrected chi connectivity index (χ0v) is 7.82. The second kappa shape index (κ2) is 4.43. The summed E-state index contributed by atoms with van der Waals surface area (Å²) in [7, 11) is 0. The van der Waals surface area contributed by atoms with E-state index in [9.17, 15) is 9.90 Å². The topological polar surface area (TPSA) is 75.4 Å². The minimum Gasteiger partial charge on any atom is -0.508 e. The number of phenolic OH excluding ortho intramolecular Hbond substituents is 1. The Labute approximate surface area is 82.0 Å².